The summed E-state index contributed by atoms with van der Waals surface area (Å²) in [5.74, 6) is 0. The van der Waals surface area contributed by atoms with Crippen molar-refractivity contribution < 1.29 is 0 Å². The summed E-state index contributed by atoms with van der Waals surface area (Å²) in [7, 11) is 4.24. The summed E-state index contributed by atoms with van der Waals surface area (Å²) in [5, 5.41) is 0. The van der Waals surface area contributed by atoms with Crippen LogP contribution < -0.4 is 0 Å². The van der Waals surface area contributed by atoms with Gasteiger partial charge in [-0.1, -0.05) is 0 Å². The minimum absolute atomic E-state index is 0.799. The first kappa shape index (κ1) is 7.52. The average molecular weight is 163 g/mol. The summed E-state index contributed by atoms with van der Waals surface area (Å²) in [6.45, 7) is 2.21. The van der Waals surface area contributed by atoms with Crippen molar-refractivity contribution in [1.29, 1.82) is 0 Å². The molecule has 0 aliphatic heterocycles. The van der Waals surface area contributed by atoms with Crippen LogP contribution in [0.25, 0.3) is 0 Å². The number of hydrogen-bond acceptors (Lipinski definition) is 1. The van der Waals surface area contributed by atoms with Gasteiger partial charge in [-0.2, -0.15) is 0 Å². The summed E-state index contributed by atoms with van der Waals surface area (Å²) < 4.78 is 0. The molecule has 44 valence electrons. The molecule has 2 heteroatoms. The van der Waals surface area contributed by atoms with Crippen LogP contribution in [-0.2, 0) is 0 Å². The van der Waals surface area contributed by atoms with Crippen molar-refractivity contribution in [2.24, 2.45) is 0 Å². The maximum absolute atomic E-state index is 2.25. The molecular weight excluding hydrogens is 149 g/mol. The molecule has 0 rings (SSSR count). The molecule has 1 nitrogen and oxygen atoms in total. The van der Waals surface area contributed by atoms with E-state index in [2.05, 4.69) is 25.9 Å². The van der Waals surface area contributed by atoms with Crippen LogP contribution in [0.4, 0.5) is 0 Å². The van der Waals surface area contributed by atoms with E-state index < -0.39 is 0 Å². The zero-order valence-corrected chi connectivity index (χ0v) is 7.73. The van der Waals surface area contributed by atoms with Crippen LogP contribution in [0, 0.1) is 0 Å². The SMILES string of the molecule is CCC([AsH2])N(C)C. The van der Waals surface area contributed by atoms with Gasteiger partial charge in [-0.25, -0.2) is 0 Å². The van der Waals surface area contributed by atoms with Crippen molar-refractivity contribution in [3.05, 3.63) is 0 Å². The molecule has 0 aromatic carbocycles. The molecule has 0 heterocycles. The van der Waals surface area contributed by atoms with E-state index in [-0.39, 0.29) is 0 Å². The van der Waals surface area contributed by atoms with Crippen molar-refractivity contribution in [3.63, 3.8) is 0 Å². The monoisotopic (exact) mass is 163 g/mol. The Labute approximate surface area is 54.6 Å². The molecular formula is C5H14AsN. The van der Waals surface area contributed by atoms with E-state index in [4.69, 9.17) is 0 Å². The molecule has 0 aromatic rings. The Morgan fingerprint density at radius 1 is 1.57 bits per heavy atom. The summed E-state index contributed by atoms with van der Waals surface area (Å²) in [6.07, 6.45) is 1.27. The Kier molecular flexibility index (Phi) is 3.77. The maximum atomic E-state index is 2.25. The molecule has 7 heavy (non-hydrogen) atoms. The summed E-state index contributed by atoms with van der Waals surface area (Å²) in [4.78, 5) is 3.05. The Hall–Kier alpha value is 0.518. The van der Waals surface area contributed by atoms with Gasteiger partial charge in [0.15, 0.2) is 0 Å². The Balaban J connectivity index is 3.14. The van der Waals surface area contributed by atoms with Crippen LogP contribution in [0.5, 0.6) is 0 Å². The topological polar surface area (TPSA) is 3.24 Å². The second-order valence-electron chi connectivity index (χ2n) is 1.94. The van der Waals surface area contributed by atoms with E-state index in [1.165, 1.54) is 6.42 Å². The van der Waals surface area contributed by atoms with Gasteiger partial charge in [0.05, 0.1) is 0 Å². The Bertz CT molecular complexity index is 45.3. The van der Waals surface area contributed by atoms with Gasteiger partial charge >= 0.3 is 54.0 Å². The van der Waals surface area contributed by atoms with E-state index in [0.29, 0.717) is 0 Å². The predicted octanol–water partition coefficient (Wildman–Crippen LogP) is -0.0828. The van der Waals surface area contributed by atoms with Crippen LogP contribution in [-0.4, -0.2) is 40.7 Å². The standard InChI is InChI=1S/C5H14AsN/c1-4-5(6)7(2)3/h5H,4,6H2,1-3H3. The van der Waals surface area contributed by atoms with Crippen molar-refractivity contribution in [1.82, 2.24) is 4.90 Å². The predicted molar refractivity (Wildman–Crippen MR) is 36.3 cm³/mol. The van der Waals surface area contributed by atoms with E-state index in [0.717, 1.165) is 4.83 Å². The fraction of sp³-hybridized carbons (Fsp3) is 1.00. The molecule has 0 N–H and O–H groups in total. The quantitative estimate of drug-likeness (QED) is 0.514. The second kappa shape index (κ2) is 3.51. The third-order valence-corrected chi connectivity index (χ3v) is 3.32. The average Bonchev–Trinajstić information content (AvgIpc) is 1.65. The summed E-state index contributed by atoms with van der Waals surface area (Å²) in [6, 6.07) is 0. The Morgan fingerprint density at radius 2 is 2.00 bits per heavy atom. The summed E-state index contributed by atoms with van der Waals surface area (Å²) in [5.41, 5.74) is 0. The molecule has 2 atom stereocenters. The molecule has 0 aromatic heterocycles. The van der Waals surface area contributed by atoms with Crippen LogP contribution in [0.1, 0.15) is 13.3 Å². The van der Waals surface area contributed by atoms with Crippen molar-refractivity contribution in [2.45, 2.75) is 18.2 Å². The molecule has 0 spiro atoms. The fourth-order valence-corrected chi connectivity index (χ4v) is 0.365. The van der Waals surface area contributed by atoms with Gasteiger partial charge in [0.1, 0.15) is 0 Å². The molecule has 0 saturated carbocycles. The molecule has 0 amide bonds. The third-order valence-electron chi connectivity index (χ3n) is 1.08. The zero-order valence-electron chi connectivity index (χ0n) is 5.31. The molecule has 2 unspecified atom stereocenters. The molecule has 0 radical (unpaired) electrons. The number of rotatable bonds is 2. The molecule has 0 saturated heterocycles. The molecule has 0 aliphatic rings. The van der Waals surface area contributed by atoms with Gasteiger partial charge in [-0.15, -0.1) is 0 Å². The van der Waals surface area contributed by atoms with Crippen molar-refractivity contribution in [2.75, 3.05) is 14.1 Å². The van der Waals surface area contributed by atoms with Crippen LogP contribution >= 0.6 is 0 Å². The van der Waals surface area contributed by atoms with Gasteiger partial charge in [0.2, 0.25) is 0 Å². The van der Waals surface area contributed by atoms with E-state index in [1.807, 2.05) is 16.9 Å². The van der Waals surface area contributed by atoms with Crippen LogP contribution in [0.15, 0.2) is 0 Å². The van der Waals surface area contributed by atoms with Gasteiger partial charge in [-0.3, -0.25) is 0 Å². The second-order valence-corrected chi connectivity index (χ2v) is 3.55. The number of hydrogen-bond donors (Lipinski definition) is 0. The van der Waals surface area contributed by atoms with E-state index >= 15 is 0 Å². The molecule has 0 bridgehead atoms. The number of nitrogens with zero attached hydrogens (tertiary/aromatic N) is 1. The first-order valence-corrected chi connectivity index (χ1v) is 4.00. The fourth-order valence-electron chi connectivity index (χ4n) is 0.365. The van der Waals surface area contributed by atoms with Crippen LogP contribution in [0.3, 0.4) is 0 Å². The van der Waals surface area contributed by atoms with Gasteiger partial charge < -0.3 is 0 Å². The first-order valence-electron chi connectivity index (χ1n) is 2.60. The van der Waals surface area contributed by atoms with Gasteiger partial charge in [0, 0.05) is 0 Å². The van der Waals surface area contributed by atoms with Gasteiger partial charge in [0.25, 0.3) is 0 Å². The van der Waals surface area contributed by atoms with E-state index in [9.17, 15) is 0 Å². The van der Waals surface area contributed by atoms with Gasteiger partial charge in [-0.05, 0) is 0 Å². The normalized spacial score (nSPS) is 15.0. The van der Waals surface area contributed by atoms with Crippen LogP contribution in [0.2, 0.25) is 0 Å². The Morgan fingerprint density at radius 3 is 2.00 bits per heavy atom. The third kappa shape index (κ3) is 3.13. The first-order chi connectivity index (χ1) is 3.18. The minimum atomic E-state index is 0.799. The van der Waals surface area contributed by atoms with Crippen molar-refractivity contribution in [3.8, 4) is 0 Å². The zero-order chi connectivity index (χ0) is 5.86. The summed E-state index contributed by atoms with van der Waals surface area (Å²) >= 11 is 1.81. The molecule has 0 fully saturated rings. The van der Waals surface area contributed by atoms with Crippen molar-refractivity contribution >= 4 is 16.9 Å². The van der Waals surface area contributed by atoms with E-state index in [1.54, 1.807) is 0 Å². The molecule has 0 aliphatic carbocycles.